The number of rotatable bonds is 3. The first kappa shape index (κ1) is 12.6. The van der Waals surface area contributed by atoms with Crippen molar-refractivity contribution in [1.82, 2.24) is 5.32 Å². The van der Waals surface area contributed by atoms with Crippen LogP contribution < -0.4 is 16.4 Å². The van der Waals surface area contributed by atoms with Crippen molar-refractivity contribution in [3.8, 4) is 0 Å². The Balaban J connectivity index is 2.18. The molecule has 0 bridgehead atoms. The highest BCUT2D eigenvalue weighted by atomic mass is 19.1. The van der Waals surface area contributed by atoms with E-state index < -0.39 is 22.1 Å². The Hall–Kier alpha value is -1.89. The molecular formula is C11H15FN4O2. The molecule has 6 nitrogen and oxygen atoms in total. The number of halogens is 1. The van der Waals surface area contributed by atoms with E-state index in [1.165, 1.54) is 12.1 Å². The van der Waals surface area contributed by atoms with Gasteiger partial charge in [0.1, 0.15) is 5.69 Å². The van der Waals surface area contributed by atoms with Gasteiger partial charge in [0.2, 0.25) is 0 Å². The lowest BCUT2D eigenvalue weighted by atomic mass is 10.1. The fourth-order valence-corrected chi connectivity index (χ4v) is 2.04. The monoisotopic (exact) mass is 254 g/mol. The van der Waals surface area contributed by atoms with Crippen molar-refractivity contribution in [2.24, 2.45) is 0 Å². The molecule has 98 valence electrons. The molecule has 0 aromatic heterocycles. The van der Waals surface area contributed by atoms with Gasteiger partial charge in [0.25, 0.3) is 5.69 Å². The van der Waals surface area contributed by atoms with Crippen molar-refractivity contribution < 1.29 is 9.31 Å². The number of benzene rings is 1. The van der Waals surface area contributed by atoms with E-state index in [1.54, 1.807) is 0 Å². The number of anilines is 2. The second-order valence-corrected chi connectivity index (χ2v) is 4.29. The van der Waals surface area contributed by atoms with Crippen molar-refractivity contribution in [1.29, 1.82) is 0 Å². The number of nitrogen functional groups attached to an aromatic ring is 1. The molecule has 1 aromatic rings. The summed E-state index contributed by atoms with van der Waals surface area (Å²) in [5.74, 6) is -0.747. The SMILES string of the molecule is Nc1c([N+](=O)[O-])ccc(NC2CCNCC2)c1F. The topological polar surface area (TPSA) is 93.2 Å². The van der Waals surface area contributed by atoms with E-state index >= 15 is 0 Å². The highest BCUT2D eigenvalue weighted by Crippen LogP contribution is 2.30. The third-order valence-corrected chi connectivity index (χ3v) is 3.05. The van der Waals surface area contributed by atoms with Crippen LogP contribution in [0.2, 0.25) is 0 Å². The first-order valence-corrected chi connectivity index (χ1v) is 5.79. The molecule has 4 N–H and O–H groups in total. The summed E-state index contributed by atoms with van der Waals surface area (Å²) in [7, 11) is 0. The van der Waals surface area contributed by atoms with Gasteiger partial charge in [-0.15, -0.1) is 0 Å². The van der Waals surface area contributed by atoms with Gasteiger partial charge in [-0.3, -0.25) is 10.1 Å². The van der Waals surface area contributed by atoms with Crippen LogP contribution in [-0.2, 0) is 0 Å². The molecule has 0 spiro atoms. The molecule has 0 amide bonds. The van der Waals surface area contributed by atoms with E-state index in [0.717, 1.165) is 25.9 Å². The van der Waals surface area contributed by atoms with Crippen LogP contribution in [0.1, 0.15) is 12.8 Å². The van der Waals surface area contributed by atoms with Crippen LogP contribution >= 0.6 is 0 Å². The number of piperidine rings is 1. The molecule has 0 radical (unpaired) electrons. The molecule has 1 fully saturated rings. The minimum absolute atomic E-state index is 0.168. The zero-order valence-electron chi connectivity index (χ0n) is 9.78. The zero-order chi connectivity index (χ0) is 13.1. The molecule has 1 heterocycles. The Bertz CT molecular complexity index is 461. The van der Waals surface area contributed by atoms with Crippen LogP contribution in [0.25, 0.3) is 0 Å². The van der Waals surface area contributed by atoms with Crippen molar-refractivity contribution in [2.75, 3.05) is 24.1 Å². The van der Waals surface area contributed by atoms with E-state index in [-0.39, 0.29) is 11.7 Å². The second-order valence-electron chi connectivity index (χ2n) is 4.29. The summed E-state index contributed by atoms with van der Waals surface area (Å²) in [5, 5.41) is 16.8. The van der Waals surface area contributed by atoms with E-state index in [9.17, 15) is 14.5 Å². The normalized spacial score (nSPS) is 16.5. The Morgan fingerprint density at radius 3 is 2.72 bits per heavy atom. The molecule has 1 aliphatic heterocycles. The van der Waals surface area contributed by atoms with Gasteiger partial charge in [-0.1, -0.05) is 0 Å². The molecule has 0 atom stereocenters. The van der Waals surface area contributed by atoms with Crippen LogP contribution in [0.5, 0.6) is 0 Å². The van der Waals surface area contributed by atoms with Crippen molar-refractivity contribution in [2.45, 2.75) is 18.9 Å². The van der Waals surface area contributed by atoms with Crippen molar-refractivity contribution in [3.63, 3.8) is 0 Å². The summed E-state index contributed by atoms with van der Waals surface area (Å²) in [6.45, 7) is 1.75. The first-order valence-electron chi connectivity index (χ1n) is 5.79. The van der Waals surface area contributed by atoms with Gasteiger partial charge in [-0.05, 0) is 32.0 Å². The summed E-state index contributed by atoms with van der Waals surface area (Å²) in [6.07, 6.45) is 1.77. The van der Waals surface area contributed by atoms with Crippen LogP contribution in [0.3, 0.4) is 0 Å². The van der Waals surface area contributed by atoms with Gasteiger partial charge in [0.15, 0.2) is 5.82 Å². The summed E-state index contributed by atoms with van der Waals surface area (Å²) in [6, 6.07) is 2.76. The molecule has 0 saturated carbocycles. The third-order valence-electron chi connectivity index (χ3n) is 3.05. The predicted octanol–water partition coefficient (Wildman–Crippen LogP) is 1.48. The van der Waals surface area contributed by atoms with Crippen LogP contribution in [0, 0.1) is 15.9 Å². The molecular weight excluding hydrogens is 239 g/mol. The summed E-state index contributed by atoms with van der Waals surface area (Å²) in [4.78, 5) is 9.92. The Labute approximate surface area is 104 Å². The lowest BCUT2D eigenvalue weighted by molar-refractivity contribution is -0.384. The molecule has 18 heavy (non-hydrogen) atoms. The number of hydrogen-bond donors (Lipinski definition) is 3. The number of hydrogen-bond acceptors (Lipinski definition) is 5. The number of nitrogens with one attached hydrogen (secondary N) is 2. The van der Waals surface area contributed by atoms with Crippen LogP contribution in [0.4, 0.5) is 21.5 Å². The average Bonchev–Trinajstić information content (AvgIpc) is 2.36. The minimum Gasteiger partial charge on any atom is -0.391 e. The van der Waals surface area contributed by atoms with Crippen LogP contribution in [0.15, 0.2) is 12.1 Å². The first-order chi connectivity index (χ1) is 8.59. The van der Waals surface area contributed by atoms with Crippen molar-refractivity contribution >= 4 is 17.1 Å². The fourth-order valence-electron chi connectivity index (χ4n) is 2.04. The molecule has 0 aliphatic carbocycles. The summed E-state index contributed by atoms with van der Waals surface area (Å²) >= 11 is 0. The van der Waals surface area contributed by atoms with Gasteiger partial charge < -0.3 is 16.4 Å². The standard InChI is InChI=1S/C11H15FN4O2/c12-10-8(15-7-3-5-14-6-4-7)1-2-9(11(10)13)16(17)18/h1-2,7,14-15H,3-6,13H2. The average molecular weight is 254 g/mol. The third kappa shape index (κ3) is 2.51. The van der Waals surface area contributed by atoms with E-state index in [2.05, 4.69) is 10.6 Å². The van der Waals surface area contributed by atoms with Crippen molar-refractivity contribution in [3.05, 3.63) is 28.1 Å². The highest BCUT2D eigenvalue weighted by Gasteiger charge is 2.20. The highest BCUT2D eigenvalue weighted by molar-refractivity contribution is 5.67. The lowest BCUT2D eigenvalue weighted by Crippen LogP contribution is -2.35. The predicted molar refractivity (Wildman–Crippen MR) is 67.0 cm³/mol. The maximum atomic E-state index is 13.9. The Morgan fingerprint density at radius 1 is 1.44 bits per heavy atom. The smallest absolute Gasteiger partial charge is 0.295 e. The largest absolute Gasteiger partial charge is 0.391 e. The lowest BCUT2D eigenvalue weighted by Gasteiger charge is -2.25. The molecule has 1 saturated heterocycles. The zero-order valence-corrected chi connectivity index (χ0v) is 9.78. The number of nitrogens with zero attached hydrogens (tertiary/aromatic N) is 1. The van der Waals surface area contributed by atoms with E-state index in [4.69, 9.17) is 5.73 Å². The van der Waals surface area contributed by atoms with Gasteiger partial charge in [-0.25, -0.2) is 4.39 Å². The molecule has 0 unspecified atom stereocenters. The quantitative estimate of drug-likeness (QED) is 0.431. The van der Waals surface area contributed by atoms with Gasteiger partial charge in [-0.2, -0.15) is 0 Å². The molecule has 7 heteroatoms. The van der Waals surface area contributed by atoms with Gasteiger partial charge in [0, 0.05) is 12.1 Å². The fraction of sp³-hybridized carbons (Fsp3) is 0.455. The molecule has 1 aromatic carbocycles. The van der Waals surface area contributed by atoms with Gasteiger partial charge >= 0.3 is 0 Å². The maximum absolute atomic E-state index is 13.9. The Morgan fingerprint density at radius 2 is 2.11 bits per heavy atom. The molecule has 2 rings (SSSR count). The summed E-state index contributed by atoms with van der Waals surface area (Å²) in [5.41, 5.74) is 4.83. The Kier molecular flexibility index (Phi) is 3.61. The van der Waals surface area contributed by atoms with Gasteiger partial charge in [0.05, 0.1) is 10.6 Å². The molecule has 1 aliphatic rings. The number of nitro groups is 1. The number of nitrogens with two attached hydrogens (primary N) is 1. The maximum Gasteiger partial charge on any atom is 0.295 e. The summed E-state index contributed by atoms with van der Waals surface area (Å²) < 4.78 is 13.9. The minimum atomic E-state index is -0.747. The second kappa shape index (κ2) is 5.18. The van der Waals surface area contributed by atoms with E-state index in [1.807, 2.05) is 0 Å². The van der Waals surface area contributed by atoms with E-state index in [0.29, 0.717) is 0 Å². The number of nitro benzene ring substituents is 1. The van der Waals surface area contributed by atoms with Crippen LogP contribution in [-0.4, -0.2) is 24.1 Å².